The van der Waals surface area contributed by atoms with Gasteiger partial charge in [-0.1, -0.05) is 95.9 Å². The summed E-state index contributed by atoms with van der Waals surface area (Å²) in [5.74, 6) is 0.623. The molecule has 0 atom stereocenters. The smallest absolute Gasteiger partial charge is 0.165 e. The van der Waals surface area contributed by atoms with E-state index in [0.717, 1.165) is 47.9 Å². The van der Waals surface area contributed by atoms with Crippen LogP contribution >= 0.6 is 0 Å². The van der Waals surface area contributed by atoms with E-state index in [-0.39, 0.29) is 44.7 Å². The van der Waals surface area contributed by atoms with Crippen LogP contribution in [0.3, 0.4) is 0 Å². The molecule has 0 spiro atoms. The SMILES string of the molecule is CC(C)(C)c1cc(C(=O)CCOCCCCCCOCCC(=O)c2cc(C(C)(C)C)c(O)c(C(C)(C)C)c2)cc(C(C)(C)C)c1O. The maximum absolute atomic E-state index is 13.0. The quantitative estimate of drug-likeness (QED) is 0.149. The zero-order chi connectivity index (χ0) is 35.1. The van der Waals surface area contributed by atoms with E-state index in [1.54, 1.807) is 0 Å². The number of ketones is 2. The molecule has 2 aromatic carbocycles. The van der Waals surface area contributed by atoms with E-state index in [9.17, 15) is 19.8 Å². The lowest BCUT2D eigenvalue weighted by Crippen LogP contribution is -2.19. The fraction of sp³-hybridized carbons (Fsp3) is 0.650. The van der Waals surface area contributed by atoms with Crippen LogP contribution in [0.25, 0.3) is 0 Å². The highest BCUT2D eigenvalue weighted by atomic mass is 16.5. The first-order valence-corrected chi connectivity index (χ1v) is 17.0. The van der Waals surface area contributed by atoms with Gasteiger partial charge in [0, 0.05) is 59.4 Å². The van der Waals surface area contributed by atoms with E-state index < -0.39 is 0 Å². The van der Waals surface area contributed by atoms with Crippen molar-refractivity contribution < 1.29 is 29.3 Å². The Kier molecular flexibility index (Phi) is 13.7. The van der Waals surface area contributed by atoms with Gasteiger partial charge in [-0.2, -0.15) is 0 Å². The van der Waals surface area contributed by atoms with Crippen LogP contribution in [0.4, 0.5) is 0 Å². The predicted octanol–water partition coefficient (Wildman–Crippen LogP) is 9.73. The molecule has 0 aromatic heterocycles. The van der Waals surface area contributed by atoms with Crippen molar-refractivity contribution in [2.75, 3.05) is 26.4 Å². The van der Waals surface area contributed by atoms with Crippen LogP contribution in [0.2, 0.25) is 0 Å². The van der Waals surface area contributed by atoms with Crippen LogP contribution in [0.15, 0.2) is 24.3 Å². The van der Waals surface area contributed by atoms with Gasteiger partial charge in [0.1, 0.15) is 11.5 Å². The van der Waals surface area contributed by atoms with E-state index in [4.69, 9.17) is 9.47 Å². The molecule has 0 bridgehead atoms. The predicted molar refractivity (Wildman–Crippen MR) is 189 cm³/mol. The lowest BCUT2D eigenvalue weighted by molar-refractivity contribution is 0.0846. The lowest BCUT2D eigenvalue weighted by atomic mass is 9.78. The second kappa shape index (κ2) is 15.9. The van der Waals surface area contributed by atoms with E-state index in [1.165, 1.54) is 0 Å². The van der Waals surface area contributed by atoms with Crippen molar-refractivity contribution in [2.45, 2.75) is 143 Å². The number of phenols is 2. The van der Waals surface area contributed by atoms with Crippen molar-refractivity contribution >= 4 is 11.6 Å². The molecule has 258 valence electrons. The number of carbonyl (C=O) groups excluding carboxylic acids is 2. The van der Waals surface area contributed by atoms with Gasteiger partial charge in [-0.3, -0.25) is 9.59 Å². The van der Waals surface area contributed by atoms with Crippen molar-refractivity contribution in [3.05, 3.63) is 57.6 Å². The first kappa shape index (κ1) is 39.5. The zero-order valence-corrected chi connectivity index (χ0v) is 30.9. The van der Waals surface area contributed by atoms with Crippen molar-refractivity contribution in [3.8, 4) is 11.5 Å². The van der Waals surface area contributed by atoms with Crippen LogP contribution in [0.1, 0.15) is 165 Å². The molecule has 0 amide bonds. The standard InChI is InChI=1S/C40H62O6/c1-37(2,3)29-23-27(24-30(35(29)43)38(4,5)6)33(41)17-21-45-19-15-13-14-16-20-46-22-18-34(42)28-25-31(39(7,8)9)36(44)32(26-28)40(10,11)12/h23-26,43-44H,13-22H2,1-12H3. The van der Waals surface area contributed by atoms with E-state index >= 15 is 0 Å². The summed E-state index contributed by atoms with van der Waals surface area (Å²) >= 11 is 0. The molecule has 2 N–H and O–H groups in total. The fourth-order valence-corrected chi connectivity index (χ4v) is 5.46. The zero-order valence-electron chi connectivity index (χ0n) is 30.9. The Hall–Kier alpha value is -2.70. The number of phenolic OH excluding ortho intramolecular Hbond substituents is 2. The molecular weight excluding hydrogens is 576 g/mol. The molecule has 0 heterocycles. The Morgan fingerprint density at radius 3 is 0.978 bits per heavy atom. The van der Waals surface area contributed by atoms with Gasteiger partial charge in [-0.05, 0) is 58.8 Å². The number of hydrogen-bond acceptors (Lipinski definition) is 6. The van der Waals surface area contributed by atoms with Crippen molar-refractivity contribution in [3.63, 3.8) is 0 Å². The fourth-order valence-electron chi connectivity index (χ4n) is 5.46. The first-order valence-electron chi connectivity index (χ1n) is 17.0. The van der Waals surface area contributed by atoms with Crippen molar-refractivity contribution in [1.82, 2.24) is 0 Å². The van der Waals surface area contributed by atoms with E-state index in [0.29, 0.717) is 50.4 Å². The van der Waals surface area contributed by atoms with Gasteiger partial charge in [0.2, 0.25) is 0 Å². The van der Waals surface area contributed by atoms with Crippen LogP contribution in [-0.4, -0.2) is 48.2 Å². The minimum atomic E-state index is -0.278. The molecule has 2 rings (SSSR count). The average Bonchev–Trinajstić information content (AvgIpc) is 2.90. The summed E-state index contributed by atoms with van der Waals surface area (Å²) in [4.78, 5) is 26.0. The summed E-state index contributed by atoms with van der Waals surface area (Å²) in [5.41, 5.74) is 3.32. The first-order chi connectivity index (χ1) is 21.0. The molecule has 0 saturated heterocycles. The highest BCUT2D eigenvalue weighted by molar-refractivity contribution is 5.97. The molecule has 0 radical (unpaired) electrons. The summed E-state index contributed by atoms with van der Waals surface area (Å²) in [7, 11) is 0. The van der Waals surface area contributed by atoms with Gasteiger partial charge >= 0.3 is 0 Å². The number of unbranched alkanes of at least 4 members (excludes halogenated alkanes) is 3. The monoisotopic (exact) mass is 638 g/mol. The van der Waals surface area contributed by atoms with Crippen LogP contribution in [-0.2, 0) is 31.1 Å². The molecule has 0 saturated carbocycles. The van der Waals surface area contributed by atoms with Crippen LogP contribution in [0, 0.1) is 0 Å². The third kappa shape index (κ3) is 11.5. The highest BCUT2D eigenvalue weighted by Crippen LogP contribution is 2.41. The van der Waals surface area contributed by atoms with Gasteiger partial charge in [0.15, 0.2) is 11.6 Å². The third-order valence-electron chi connectivity index (χ3n) is 8.37. The molecule has 6 heteroatoms. The Labute approximate surface area is 279 Å². The van der Waals surface area contributed by atoms with Gasteiger partial charge in [0.05, 0.1) is 13.2 Å². The third-order valence-corrected chi connectivity index (χ3v) is 8.37. The number of carbonyl (C=O) groups is 2. The summed E-state index contributed by atoms with van der Waals surface area (Å²) in [5, 5.41) is 21.8. The van der Waals surface area contributed by atoms with Gasteiger partial charge in [-0.15, -0.1) is 0 Å². The molecule has 0 aliphatic heterocycles. The average molecular weight is 639 g/mol. The lowest BCUT2D eigenvalue weighted by Gasteiger charge is -2.28. The van der Waals surface area contributed by atoms with E-state index in [1.807, 2.05) is 107 Å². The molecule has 6 nitrogen and oxygen atoms in total. The molecule has 2 aromatic rings. The number of hydrogen-bond donors (Lipinski definition) is 2. The second-order valence-corrected chi connectivity index (χ2v) is 16.8. The Balaban J connectivity index is 1.70. The van der Waals surface area contributed by atoms with Crippen LogP contribution < -0.4 is 0 Å². The van der Waals surface area contributed by atoms with E-state index in [2.05, 4.69) is 0 Å². The minimum Gasteiger partial charge on any atom is -0.507 e. The number of ether oxygens (including phenoxy) is 2. The molecule has 0 unspecified atom stereocenters. The maximum Gasteiger partial charge on any atom is 0.165 e. The number of Topliss-reactive ketones (excluding diaryl/α,β-unsaturated/α-hetero) is 2. The Morgan fingerprint density at radius 2 is 0.739 bits per heavy atom. The number of benzene rings is 2. The number of aromatic hydroxyl groups is 2. The Morgan fingerprint density at radius 1 is 0.478 bits per heavy atom. The molecule has 0 fully saturated rings. The van der Waals surface area contributed by atoms with Crippen molar-refractivity contribution in [2.24, 2.45) is 0 Å². The molecular formula is C40H62O6. The summed E-state index contributed by atoms with van der Waals surface area (Å²) in [6.45, 7) is 26.5. The summed E-state index contributed by atoms with van der Waals surface area (Å²) in [6, 6.07) is 7.35. The molecule has 46 heavy (non-hydrogen) atoms. The second-order valence-electron chi connectivity index (χ2n) is 16.8. The molecule has 0 aliphatic carbocycles. The normalized spacial score (nSPS) is 12.9. The van der Waals surface area contributed by atoms with Gasteiger partial charge in [0.25, 0.3) is 0 Å². The van der Waals surface area contributed by atoms with Crippen molar-refractivity contribution in [1.29, 1.82) is 0 Å². The minimum absolute atomic E-state index is 0.0290. The van der Waals surface area contributed by atoms with Gasteiger partial charge < -0.3 is 19.7 Å². The molecule has 0 aliphatic rings. The topological polar surface area (TPSA) is 93.1 Å². The number of rotatable bonds is 15. The largest absolute Gasteiger partial charge is 0.507 e. The van der Waals surface area contributed by atoms with Crippen LogP contribution in [0.5, 0.6) is 11.5 Å². The summed E-state index contributed by atoms with van der Waals surface area (Å²) < 4.78 is 11.5. The van der Waals surface area contributed by atoms with Gasteiger partial charge in [-0.25, -0.2) is 0 Å². The highest BCUT2D eigenvalue weighted by Gasteiger charge is 2.29. The maximum atomic E-state index is 13.0. The Bertz CT molecular complexity index is 1150. The summed E-state index contributed by atoms with van der Waals surface area (Å²) in [6.07, 6.45) is 4.48.